The van der Waals surface area contributed by atoms with Gasteiger partial charge >= 0.3 is 0 Å². The van der Waals surface area contributed by atoms with Gasteiger partial charge in [-0.2, -0.15) is 0 Å². The Hall–Kier alpha value is -2.14. The maximum absolute atomic E-state index is 10.5. The average Bonchev–Trinajstić information content (AvgIpc) is 2.66. The number of fused-ring (bicyclic) bond motifs is 1. The molecule has 4 nitrogen and oxygen atoms in total. The van der Waals surface area contributed by atoms with E-state index in [4.69, 9.17) is 16.3 Å². The summed E-state index contributed by atoms with van der Waals surface area (Å²) in [6, 6.07) is 17.7. The van der Waals surface area contributed by atoms with Crippen molar-refractivity contribution in [1.82, 2.24) is 9.88 Å². The number of pyridine rings is 1. The minimum absolute atomic E-state index is 0.197. The van der Waals surface area contributed by atoms with Crippen LogP contribution in [0.15, 0.2) is 60.8 Å². The molecule has 1 aliphatic heterocycles. The summed E-state index contributed by atoms with van der Waals surface area (Å²) in [5.74, 6) is 0.756. The number of ether oxygens (including phenoxy) is 1. The lowest BCUT2D eigenvalue weighted by molar-refractivity contribution is -0.0274. The van der Waals surface area contributed by atoms with Gasteiger partial charge in [0, 0.05) is 42.3 Å². The largest absolute Gasteiger partial charge is 0.488 e. The Morgan fingerprint density at radius 1 is 1.15 bits per heavy atom. The third-order valence-corrected chi connectivity index (χ3v) is 5.04. The molecule has 0 radical (unpaired) electrons. The van der Waals surface area contributed by atoms with E-state index in [1.807, 2.05) is 54.6 Å². The molecule has 1 N–H and O–H groups in total. The van der Waals surface area contributed by atoms with Gasteiger partial charge in [-0.15, -0.1) is 0 Å². The van der Waals surface area contributed by atoms with E-state index in [0.29, 0.717) is 6.54 Å². The Bertz CT molecular complexity index is 885. The second-order valence-electron chi connectivity index (χ2n) is 6.73. The van der Waals surface area contributed by atoms with Crippen LogP contribution >= 0.6 is 11.6 Å². The predicted molar refractivity (Wildman–Crippen MR) is 104 cm³/mol. The van der Waals surface area contributed by atoms with Gasteiger partial charge in [-0.3, -0.25) is 9.88 Å². The van der Waals surface area contributed by atoms with Crippen LogP contribution in [0.5, 0.6) is 5.75 Å². The number of aromatic nitrogens is 1. The van der Waals surface area contributed by atoms with Gasteiger partial charge in [0.15, 0.2) is 0 Å². The number of benzene rings is 2. The van der Waals surface area contributed by atoms with Gasteiger partial charge in [-0.05, 0) is 42.3 Å². The van der Waals surface area contributed by atoms with Crippen LogP contribution in [-0.4, -0.2) is 40.3 Å². The second kappa shape index (κ2) is 7.62. The molecule has 0 spiro atoms. The van der Waals surface area contributed by atoms with Crippen molar-refractivity contribution >= 4 is 22.5 Å². The number of aliphatic hydroxyl groups excluding tert-OH is 1. The first-order valence-corrected chi connectivity index (χ1v) is 9.21. The van der Waals surface area contributed by atoms with E-state index in [-0.39, 0.29) is 6.10 Å². The Morgan fingerprint density at radius 2 is 2.00 bits per heavy atom. The Morgan fingerprint density at radius 3 is 2.81 bits per heavy atom. The number of halogens is 1. The van der Waals surface area contributed by atoms with E-state index in [1.54, 1.807) is 6.20 Å². The number of hydrogen-bond donors (Lipinski definition) is 1. The fourth-order valence-electron chi connectivity index (χ4n) is 3.40. The number of aliphatic hydroxyl groups is 1. The van der Waals surface area contributed by atoms with Crippen molar-refractivity contribution in [2.45, 2.75) is 25.2 Å². The van der Waals surface area contributed by atoms with Crippen LogP contribution in [0.3, 0.4) is 0 Å². The summed E-state index contributed by atoms with van der Waals surface area (Å²) in [5.41, 5.74) is 2.10. The SMILES string of the molecule is O[C@@H]1CN(Cc2ccc(Cl)cc2)CC[C@H]1Oc1ccc2cccnc2c1. The van der Waals surface area contributed by atoms with E-state index in [0.717, 1.165) is 41.2 Å². The minimum Gasteiger partial charge on any atom is -0.488 e. The Labute approximate surface area is 158 Å². The van der Waals surface area contributed by atoms with Gasteiger partial charge in [0.2, 0.25) is 0 Å². The molecule has 26 heavy (non-hydrogen) atoms. The summed E-state index contributed by atoms with van der Waals surface area (Å²) in [4.78, 5) is 6.60. The van der Waals surface area contributed by atoms with Crippen LogP contribution in [0, 0.1) is 0 Å². The lowest BCUT2D eigenvalue weighted by Gasteiger charge is -2.36. The van der Waals surface area contributed by atoms with Crippen molar-refractivity contribution in [3.05, 3.63) is 71.4 Å². The van der Waals surface area contributed by atoms with Gasteiger partial charge in [0.05, 0.1) is 5.52 Å². The van der Waals surface area contributed by atoms with Crippen molar-refractivity contribution in [1.29, 1.82) is 0 Å². The summed E-state index contributed by atoms with van der Waals surface area (Å²) in [5, 5.41) is 12.4. The van der Waals surface area contributed by atoms with Crippen molar-refractivity contribution in [3.63, 3.8) is 0 Å². The normalized spacial score (nSPS) is 21.0. The molecule has 0 saturated carbocycles. The molecule has 1 aliphatic rings. The van der Waals surface area contributed by atoms with Gasteiger partial charge in [0.25, 0.3) is 0 Å². The van der Waals surface area contributed by atoms with Gasteiger partial charge in [-0.1, -0.05) is 29.8 Å². The molecule has 1 fully saturated rings. The highest BCUT2D eigenvalue weighted by atomic mass is 35.5. The van der Waals surface area contributed by atoms with Crippen LogP contribution in [0.1, 0.15) is 12.0 Å². The summed E-state index contributed by atoms with van der Waals surface area (Å²) in [6.45, 7) is 2.29. The molecular formula is C21H21ClN2O2. The molecule has 2 heterocycles. The second-order valence-corrected chi connectivity index (χ2v) is 7.17. The first kappa shape index (κ1) is 17.3. The smallest absolute Gasteiger partial charge is 0.127 e. The monoisotopic (exact) mass is 368 g/mol. The molecule has 5 heteroatoms. The number of hydrogen-bond acceptors (Lipinski definition) is 4. The van der Waals surface area contributed by atoms with E-state index < -0.39 is 6.10 Å². The topological polar surface area (TPSA) is 45.6 Å². The van der Waals surface area contributed by atoms with E-state index >= 15 is 0 Å². The first-order valence-electron chi connectivity index (χ1n) is 8.84. The molecule has 1 aromatic heterocycles. The van der Waals surface area contributed by atoms with Crippen molar-refractivity contribution in [3.8, 4) is 5.75 Å². The molecule has 1 saturated heterocycles. The molecule has 4 rings (SSSR count). The highest BCUT2D eigenvalue weighted by Gasteiger charge is 2.29. The number of rotatable bonds is 4. The quantitative estimate of drug-likeness (QED) is 0.758. The molecule has 2 atom stereocenters. The average molecular weight is 369 g/mol. The lowest BCUT2D eigenvalue weighted by Crippen LogP contribution is -2.48. The fraction of sp³-hybridized carbons (Fsp3) is 0.286. The molecule has 134 valence electrons. The van der Waals surface area contributed by atoms with Gasteiger partial charge in [-0.25, -0.2) is 0 Å². The van der Waals surface area contributed by atoms with Crippen molar-refractivity contribution < 1.29 is 9.84 Å². The summed E-state index contributed by atoms with van der Waals surface area (Å²) < 4.78 is 6.06. The molecule has 0 unspecified atom stereocenters. The standard InChI is InChI=1S/C21H21ClN2O2/c22-17-6-3-15(4-7-17)13-24-11-9-21(20(25)14-24)26-18-8-5-16-2-1-10-23-19(16)12-18/h1-8,10,12,20-21,25H,9,11,13-14H2/t20-,21-/m1/s1. The molecule has 2 aromatic carbocycles. The maximum Gasteiger partial charge on any atom is 0.127 e. The van der Waals surface area contributed by atoms with E-state index in [1.165, 1.54) is 5.56 Å². The molecule has 0 aliphatic carbocycles. The van der Waals surface area contributed by atoms with Crippen LogP contribution in [0.2, 0.25) is 5.02 Å². The zero-order valence-electron chi connectivity index (χ0n) is 14.4. The van der Waals surface area contributed by atoms with E-state index in [2.05, 4.69) is 9.88 Å². The predicted octanol–water partition coefficient (Wildman–Crippen LogP) is 3.90. The van der Waals surface area contributed by atoms with Crippen LogP contribution in [0.25, 0.3) is 10.9 Å². The minimum atomic E-state index is -0.518. The highest BCUT2D eigenvalue weighted by molar-refractivity contribution is 6.30. The Kier molecular flexibility index (Phi) is 5.07. The number of likely N-dealkylation sites (tertiary alicyclic amines) is 1. The third kappa shape index (κ3) is 3.98. The maximum atomic E-state index is 10.5. The molecule has 3 aromatic rings. The summed E-state index contributed by atoms with van der Waals surface area (Å²) in [6.07, 6.45) is 1.85. The summed E-state index contributed by atoms with van der Waals surface area (Å²) in [7, 11) is 0. The zero-order chi connectivity index (χ0) is 17.9. The number of nitrogens with zero attached hydrogens (tertiary/aromatic N) is 2. The van der Waals surface area contributed by atoms with Crippen LogP contribution < -0.4 is 4.74 Å². The van der Waals surface area contributed by atoms with Crippen molar-refractivity contribution in [2.75, 3.05) is 13.1 Å². The highest BCUT2D eigenvalue weighted by Crippen LogP contribution is 2.24. The van der Waals surface area contributed by atoms with E-state index in [9.17, 15) is 5.11 Å². The molecule has 0 bridgehead atoms. The number of β-amino-alcohol motifs (C(OH)–C–C–N with tert-alkyl or cyclic N) is 1. The summed E-state index contributed by atoms with van der Waals surface area (Å²) >= 11 is 5.94. The number of piperidine rings is 1. The van der Waals surface area contributed by atoms with Gasteiger partial charge in [0.1, 0.15) is 18.0 Å². The van der Waals surface area contributed by atoms with Crippen molar-refractivity contribution in [2.24, 2.45) is 0 Å². The molecular weight excluding hydrogens is 348 g/mol. The molecule has 0 amide bonds. The fourth-order valence-corrected chi connectivity index (χ4v) is 3.53. The zero-order valence-corrected chi connectivity index (χ0v) is 15.1. The Balaban J connectivity index is 1.37. The van der Waals surface area contributed by atoms with Gasteiger partial charge < -0.3 is 9.84 Å². The van der Waals surface area contributed by atoms with Crippen LogP contribution in [-0.2, 0) is 6.54 Å². The lowest BCUT2D eigenvalue weighted by atomic mass is 10.0. The first-order chi connectivity index (χ1) is 12.7. The third-order valence-electron chi connectivity index (χ3n) is 4.79. The van der Waals surface area contributed by atoms with Crippen LogP contribution in [0.4, 0.5) is 0 Å².